The smallest absolute Gasteiger partial charge is 0.179 e. The highest BCUT2D eigenvalue weighted by Gasteiger charge is 2.56. The predicted molar refractivity (Wildman–Crippen MR) is 143 cm³/mol. The zero-order valence-electron chi connectivity index (χ0n) is 20.2. The lowest BCUT2D eigenvalue weighted by Gasteiger charge is -2.44. The van der Waals surface area contributed by atoms with Crippen LogP contribution in [0.3, 0.4) is 0 Å². The number of nitrogens with one attached hydrogen (secondary N) is 1. The molecule has 0 spiro atoms. The first-order chi connectivity index (χ1) is 17.4. The second-order valence-corrected chi connectivity index (χ2v) is 11.0. The van der Waals surface area contributed by atoms with E-state index in [0.29, 0.717) is 11.4 Å². The molecule has 3 aromatic rings. The molecule has 0 bridgehead atoms. The van der Waals surface area contributed by atoms with E-state index >= 15 is 0 Å². The van der Waals surface area contributed by atoms with Crippen LogP contribution in [0.5, 0.6) is 11.5 Å². The monoisotopic (exact) mass is 501 g/mol. The van der Waals surface area contributed by atoms with Gasteiger partial charge in [0.25, 0.3) is 0 Å². The van der Waals surface area contributed by atoms with Crippen LogP contribution in [0.4, 0.5) is 5.69 Å². The lowest BCUT2D eigenvalue weighted by molar-refractivity contribution is -0.126. The van der Waals surface area contributed by atoms with Gasteiger partial charge in [-0.3, -0.25) is 9.69 Å². The van der Waals surface area contributed by atoms with Crippen molar-refractivity contribution >= 4 is 23.2 Å². The third kappa shape index (κ3) is 3.55. The number of ketones is 1. The summed E-state index contributed by atoms with van der Waals surface area (Å²) in [6.07, 6.45) is 0. The van der Waals surface area contributed by atoms with Gasteiger partial charge in [0.05, 0.1) is 11.4 Å². The molecule has 186 valence electrons. The topological polar surface area (TPSA) is 120 Å². The van der Waals surface area contributed by atoms with Crippen LogP contribution < -0.4 is 27.3 Å². The Kier molecular flexibility index (Phi) is 5.81. The standard InChI is InChI=1S/C28H31N5O2S/c1-16-15-18(35-17-5-3-2-4-6-17)7-8-19(16)28(31)20-9-10-21(29)25-22(20)23(24(30)26(28)34)27(36-25)33-13-11-32-12-14-33/h2-10,15,23-24,27,32H,11-14,29-31H2,1H3. The number of nitrogen functional groups attached to an aromatic ring is 1. The molecular weight excluding hydrogens is 470 g/mol. The van der Waals surface area contributed by atoms with E-state index in [1.54, 1.807) is 11.8 Å². The lowest BCUT2D eigenvalue weighted by atomic mass is 9.65. The lowest BCUT2D eigenvalue weighted by Crippen LogP contribution is -2.61. The van der Waals surface area contributed by atoms with Crippen LogP contribution in [0.25, 0.3) is 0 Å². The molecule has 6 rings (SSSR count). The van der Waals surface area contributed by atoms with Crippen molar-refractivity contribution in [1.29, 1.82) is 0 Å². The van der Waals surface area contributed by atoms with E-state index < -0.39 is 11.6 Å². The molecule has 1 fully saturated rings. The molecule has 3 aliphatic rings. The highest BCUT2D eigenvalue weighted by atomic mass is 32.2. The summed E-state index contributed by atoms with van der Waals surface area (Å²) in [6.45, 7) is 5.62. The zero-order chi connectivity index (χ0) is 25.0. The Morgan fingerprint density at radius 3 is 2.47 bits per heavy atom. The van der Waals surface area contributed by atoms with Gasteiger partial charge in [0.15, 0.2) is 5.78 Å². The van der Waals surface area contributed by atoms with Crippen LogP contribution >= 0.6 is 11.8 Å². The highest BCUT2D eigenvalue weighted by Crippen LogP contribution is 2.57. The van der Waals surface area contributed by atoms with Crippen LogP contribution in [-0.2, 0) is 10.3 Å². The summed E-state index contributed by atoms with van der Waals surface area (Å²) in [5, 5.41) is 3.47. The number of aryl methyl sites for hydroxylation is 1. The van der Waals surface area contributed by atoms with Gasteiger partial charge >= 0.3 is 0 Å². The van der Waals surface area contributed by atoms with Gasteiger partial charge in [0, 0.05) is 42.7 Å². The van der Waals surface area contributed by atoms with Crippen molar-refractivity contribution in [2.75, 3.05) is 31.9 Å². The number of carbonyl (C=O) groups excluding carboxylic acids is 1. The molecule has 2 heterocycles. The first kappa shape index (κ1) is 23.5. The Bertz CT molecular complexity index is 1330. The van der Waals surface area contributed by atoms with Gasteiger partial charge in [0.1, 0.15) is 17.0 Å². The van der Waals surface area contributed by atoms with Crippen molar-refractivity contribution in [1.82, 2.24) is 10.2 Å². The van der Waals surface area contributed by atoms with Gasteiger partial charge in [-0.2, -0.15) is 0 Å². The molecule has 36 heavy (non-hydrogen) atoms. The third-order valence-electron chi connectivity index (χ3n) is 7.72. The second kappa shape index (κ2) is 8.90. The maximum absolute atomic E-state index is 14.1. The number of hydrogen-bond acceptors (Lipinski definition) is 8. The van der Waals surface area contributed by atoms with E-state index in [4.69, 9.17) is 21.9 Å². The van der Waals surface area contributed by atoms with Crippen molar-refractivity contribution in [2.45, 2.75) is 34.7 Å². The summed E-state index contributed by atoms with van der Waals surface area (Å²) in [7, 11) is 0. The number of para-hydroxylation sites is 1. The largest absolute Gasteiger partial charge is 0.457 e. The Balaban J connectivity index is 1.43. The summed E-state index contributed by atoms with van der Waals surface area (Å²) in [5.74, 6) is 1.14. The third-order valence-corrected chi connectivity index (χ3v) is 9.25. The first-order valence-electron chi connectivity index (χ1n) is 12.4. The molecule has 0 aromatic heterocycles. The molecule has 1 aliphatic carbocycles. The van der Waals surface area contributed by atoms with Crippen LogP contribution in [-0.4, -0.2) is 48.3 Å². The fourth-order valence-corrected chi connectivity index (χ4v) is 7.59. The molecule has 2 aliphatic heterocycles. The molecule has 4 atom stereocenters. The van der Waals surface area contributed by atoms with Crippen LogP contribution in [0, 0.1) is 6.92 Å². The molecule has 7 nitrogen and oxygen atoms in total. The first-order valence-corrected chi connectivity index (χ1v) is 13.2. The van der Waals surface area contributed by atoms with Gasteiger partial charge in [-0.05, 0) is 59.5 Å². The number of thioether (sulfide) groups is 1. The van der Waals surface area contributed by atoms with E-state index in [9.17, 15) is 4.79 Å². The molecule has 0 amide bonds. The number of carbonyl (C=O) groups is 1. The number of nitrogens with two attached hydrogens (primary N) is 3. The van der Waals surface area contributed by atoms with Crippen molar-refractivity contribution in [3.63, 3.8) is 0 Å². The summed E-state index contributed by atoms with van der Waals surface area (Å²) in [6, 6.07) is 18.4. The van der Waals surface area contributed by atoms with Crippen LogP contribution in [0.1, 0.15) is 28.2 Å². The van der Waals surface area contributed by atoms with Gasteiger partial charge < -0.3 is 27.3 Å². The van der Waals surface area contributed by atoms with E-state index in [1.807, 2.05) is 67.6 Å². The zero-order valence-corrected chi connectivity index (χ0v) is 21.1. The SMILES string of the molecule is Cc1cc(Oc2ccccc2)ccc1C1(N)C(=O)C(N)C2c3c1ccc(N)c3SC2N1CCNCC1. The van der Waals surface area contributed by atoms with Crippen molar-refractivity contribution in [3.8, 4) is 11.5 Å². The van der Waals surface area contributed by atoms with Gasteiger partial charge in [-0.15, -0.1) is 11.8 Å². The fraction of sp³-hybridized carbons (Fsp3) is 0.321. The van der Waals surface area contributed by atoms with E-state index in [-0.39, 0.29) is 17.1 Å². The summed E-state index contributed by atoms with van der Waals surface area (Å²) in [5.41, 5.74) is 23.2. The average molecular weight is 502 g/mol. The molecule has 0 saturated carbocycles. The minimum atomic E-state index is -1.36. The normalized spacial score (nSPS) is 27.6. The number of piperazine rings is 1. The molecular formula is C28H31N5O2S. The molecule has 1 saturated heterocycles. The summed E-state index contributed by atoms with van der Waals surface area (Å²) in [4.78, 5) is 17.5. The Morgan fingerprint density at radius 2 is 1.75 bits per heavy atom. The van der Waals surface area contributed by atoms with Crippen molar-refractivity contribution < 1.29 is 9.53 Å². The Morgan fingerprint density at radius 1 is 1.03 bits per heavy atom. The number of hydrogen-bond donors (Lipinski definition) is 4. The quantitative estimate of drug-likeness (QED) is 0.403. The molecule has 0 radical (unpaired) electrons. The van der Waals surface area contributed by atoms with Gasteiger partial charge in [-0.1, -0.05) is 30.3 Å². The highest BCUT2D eigenvalue weighted by molar-refractivity contribution is 8.00. The van der Waals surface area contributed by atoms with E-state index in [0.717, 1.165) is 59.1 Å². The second-order valence-electron chi connectivity index (χ2n) is 9.86. The fourth-order valence-electron chi connectivity index (χ4n) is 5.96. The maximum atomic E-state index is 14.1. The van der Waals surface area contributed by atoms with E-state index in [1.165, 1.54) is 0 Å². The summed E-state index contributed by atoms with van der Waals surface area (Å²) < 4.78 is 6.01. The van der Waals surface area contributed by atoms with Gasteiger partial charge in [-0.25, -0.2) is 0 Å². The number of Topliss-reactive ketones (excluding diaryl/α,β-unsaturated/α-hetero) is 1. The molecule has 4 unspecified atom stereocenters. The van der Waals surface area contributed by atoms with Crippen molar-refractivity contribution in [3.05, 3.63) is 82.9 Å². The number of benzene rings is 3. The van der Waals surface area contributed by atoms with Gasteiger partial charge in [0.2, 0.25) is 0 Å². The van der Waals surface area contributed by atoms with Crippen molar-refractivity contribution in [2.24, 2.45) is 11.5 Å². The predicted octanol–water partition coefficient (Wildman–Crippen LogP) is 2.90. The number of rotatable bonds is 4. The van der Waals surface area contributed by atoms with Crippen LogP contribution in [0.2, 0.25) is 0 Å². The maximum Gasteiger partial charge on any atom is 0.179 e. The minimum Gasteiger partial charge on any atom is -0.457 e. The number of ether oxygens (including phenoxy) is 1. The van der Waals surface area contributed by atoms with E-state index in [2.05, 4.69) is 10.2 Å². The van der Waals surface area contributed by atoms with Crippen LogP contribution in [0.15, 0.2) is 65.6 Å². The Labute approximate surface area is 215 Å². The Hall–Kier alpha value is -2.88. The summed E-state index contributed by atoms with van der Waals surface area (Å²) >= 11 is 1.73. The number of anilines is 1. The molecule has 3 aromatic carbocycles. The molecule has 7 N–H and O–H groups in total. The average Bonchev–Trinajstić information content (AvgIpc) is 3.30. The molecule has 8 heteroatoms. The minimum absolute atomic E-state index is 0.0665. The number of nitrogens with zero attached hydrogens (tertiary/aromatic N) is 1.